The van der Waals surface area contributed by atoms with E-state index in [9.17, 15) is 9.90 Å². The van der Waals surface area contributed by atoms with E-state index in [1.807, 2.05) is 6.07 Å². The van der Waals surface area contributed by atoms with Crippen LogP contribution in [-0.2, 0) is 0 Å². The van der Waals surface area contributed by atoms with Gasteiger partial charge in [-0.1, -0.05) is 12.1 Å². The summed E-state index contributed by atoms with van der Waals surface area (Å²) in [6.45, 7) is 1.74. The highest BCUT2D eigenvalue weighted by atomic mass is 16.3. The number of hydrogen-bond acceptors (Lipinski definition) is 3. The third-order valence-corrected chi connectivity index (χ3v) is 2.75. The van der Waals surface area contributed by atoms with Crippen molar-refractivity contribution in [2.24, 2.45) is 0 Å². The fourth-order valence-electron chi connectivity index (χ4n) is 1.78. The Morgan fingerprint density at radius 1 is 1.26 bits per heavy atom. The fraction of sp³-hybridized carbons (Fsp3) is 0.0667. The molecule has 1 amide bonds. The Morgan fingerprint density at radius 3 is 2.68 bits per heavy atom. The molecule has 2 N–H and O–H groups in total. The van der Waals surface area contributed by atoms with Crippen molar-refractivity contribution in [2.75, 3.05) is 5.32 Å². The first-order valence-electron chi connectivity index (χ1n) is 5.72. The van der Waals surface area contributed by atoms with Crippen LogP contribution in [0.3, 0.4) is 0 Å². The van der Waals surface area contributed by atoms with Gasteiger partial charge < -0.3 is 10.4 Å². The molecule has 0 aliphatic carbocycles. The Labute approximate surface area is 110 Å². The Hall–Kier alpha value is -2.80. The second kappa shape index (κ2) is 5.23. The van der Waals surface area contributed by atoms with Crippen molar-refractivity contribution in [3.05, 3.63) is 59.2 Å². The normalized spacial score (nSPS) is 9.68. The number of carbonyl (C=O) groups is 1. The Bertz CT molecular complexity index is 672. The molecule has 0 radical (unpaired) electrons. The number of aryl methyl sites for hydroxylation is 1. The number of nitrogens with zero attached hydrogens (tertiary/aromatic N) is 1. The predicted molar refractivity (Wildman–Crippen MR) is 72.0 cm³/mol. The van der Waals surface area contributed by atoms with Gasteiger partial charge in [0.1, 0.15) is 11.8 Å². The lowest BCUT2D eigenvalue weighted by molar-refractivity contribution is 0.102. The van der Waals surface area contributed by atoms with Gasteiger partial charge in [-0.05, 0) is 42.8 Å². The lowest BCUT2D eigenvalue weighted by Gasteiger charge is -2.09. The molecule has 0 aliphatic heterocycles. The van der Waals surface area contributed by atoms with Crippen LogP contribution in [0, 0.1) is 18.3 Å². The fourth-order valence-corrected chi connectivity index (χ4v) is 1.78. The van der Waals surface area contributed by atoms with Gasteiger partial charge in [-0.3, -0.25) is 4.79 Å². The zero-order valence-electron chi connectivity index (χ0n) is 10.3. The molecule has 4 heteroatoms. The van der Waals surface area contributed by atoms with Gasteiger partial charge in [0, 0.05) is 5.56 Å². The molecule has 0 aromatic heterocycles. The number of phenols is 1. The zero-order chi connectivity index (χ0) is 13.8. The lowest BCUT2D eigenvalue weighted by atomic mass is 10.1. The molecular weight excluding hydrogens is 240 g/mol. The van der Waals surface area contributed by atoms with Crippen LogP contribution >= 0.6 is 0 Å². The van der Waals surface area contributed by atoms with Gasteiger partial charge in [0.25, 0.3) is 5.91 Å². The summed E-state index contributed by atoms with van der Waals surface area (Å²) < 4.78 is 0. The first-order valence-corrected chi connectivity index (χ1v) is 5.72. The number of rotatable bonds is 2. The monoisotopic (exact) mass is 252 g/mol. The molecule has 0 bridgehead atoms. The number of para-hydroxylation sites is 1. The van der Waals surface area contributed by atoms with Crippen molar-refractivity contribution in [2.45, 2.75) is 6.92 Å². The molecule has 94 valence electrons. The number of nitrogens with one attached hydrogen (secondary N) is 1. The Kier molecular flexibility index (Phi) is 3.48. The molecule has 0 aliphatic rings. The number of carbonyl (C=O) groups excluding carboxylic acids is 1. The summed E-state index contributed by atoms with van der Waals surface area (Å²) in [7, 11) is 0. The van der Waals surface area contributed by atoms with E-state index in [1.165, 1.54) is 12.1 Å². The smallest absolute Gasteiger partial charge is 0.255 e. The quantitative estimate of drug-likeness (QED) is 0.863. The molecule has 0 saturated carbocycles. The minimum Gasteiger partial charge on any atom is -0.508 e. The molecule has 0 unspecified atom stereocenters. The molecule has 0 saturated heterocycles. The van der Waals surface area contributed by atoms with Crippen LogP contribution < -0.4 is 5.32 Å². The maximum Gasteiger partial charge on any atom is 0.255 e. The minimum absolute atomic E-state index is 0.117. The van der Waals surface area contributed by atoms with Crippen LogP contribution in [0.1, 0.15) is 21.5 Å². The van der Waals surface area contributed by atoms with E-state index < -0.39 is 0 Å². The summed E-state index contributed by atoms with van der Waals surface area (Å²) in [5, 5.41) is 21.0. The number of hydrogen-bond donors (Lipinski definition) is 2. The van der Waals surface area contributed by atoms with Gasteiger partial charge in [-0.15, -0.1) is 0 Å². The van der Waals surface area contributed by atoms with Crippen LogP contribution in [0.5, 0.6) is 5.75 Å². The summed E-state index contributed by atoms with van der Waals surface area (Å²) >= 11 is 0. The molecule has 2 aromatic carbocycles. The first kappa shape index (κ1) is 12.7. The molecule has 0 atom stereocenters. The average Bonchev–Trinajstić information content (AvgIpc) is 2.39. The van der Waals surface area contributed by atoms with E-state index in [0.717, 1.165) is 0 Å². The van der Waals surface area contributed by atoms with Gasteiger partial charge in [-0.2, -0.15) is 5.26 Å². The highest BCUT2D eigenvalue weighted by Gasteiger charge is 2.11. The predicted octanol–water partition coefficient (Wildman–Crippen LogP) is 2.82. The number of aromatic hydroxyl groups is 1. The Balaban J connectivity index is 2.29. The summed E-state index contributed by atoms with van der Waals surface area (Å²) in [6.07, 6.45) is 0. The number of anilines is 1. The van der Waals surface area contributed by atoms with E-state index in [4.69, 9.17) is 5.26 Å². The SMILES string of the molecule is Cc1cc(O)ccc1C(=O)Nc1ccccc1C#N. The van der Waals surface area contributed by atoms with Crippen LogP contribution in [0.25, 0.3) is 0 Å². The Morgan fingerprint density at radius 2 is 2.00 bits per heavy atom. The number of nitriles is 1. The first-order chi connectivity index (χ1) is 9.11. The van der Waals surface area contributed by atoms with Gasteiger partial charge in [0.05, 0.1) is 11.3 Å². The second-order valence-electron chi connectivity index (χ2n) is 4.11. The van der Waals surface area contributed by atoms with Crippen molar-refractivity contribution in [3.8, 4) is 11.8 Å². The second-order valence-corrected chi connectivity index (χ2v) is 4.11. The van der Waals surface area contributed by atoms with Crippen LogP contribution in [0.15, 0.2) is 42.5 Å². The van der Waals surface area contributed by atoms with Crippen molar-refractivity contribution in [1.82, 2.24) is 0 Å². The molecule has 0 fully saturated rings. The van der Waals surface area contributed by atoms with Crippen LogP contribution in [0.4, 0.5) is 5.69 Å². The van der Waals surface area contributed by atoms with E-state index in [1.54, 1.807) is 37.3 Å². The third kappa shape index (κ3) is 2.72. The lowest BCUT2D eigenvalue weighted by Crippen LogP contribution is -2.14. The molecule has 2 aromatic rings. The number of phenolic OH excluding ortho intramolecular Hbond substituents is 1. The average molecular weight is 252 g/mol. The standard InChI is InChI=1S/C15H12N2O2/c1-10-8-12(18)6-7-13(10)15(19)17-14-5-3-2-4-11(14)9-16/h2-8,18H,1H3,(H,17,19). The third-order valence-electron chi connectivity index (χ3n) is 2.75. The van der Waals surface area contributed by atoms with Gasteiger partial charge >= 0.3 is 0 Å². The topological polar surface area (TPSA) is 73.1 Å². The largest absolute Gasteiger partial charge is 0.508 e. The van der Waals surface area contributed by atoms with Crippen molar-refractivity contribution in [1.29, 1.82) is 5.26 Å². The maximum atomic E-state index is 12.1. The van der Waals surface area contributed by atoms with Gasteiger partial charge in [0.15, 0.2) is 0 Å². The molecule has 2 rings (SSSR count). The summed E-state index contributed by atoms with van der Waals surface area (Å²) in [4.78, 5) is 12.1. The number of benzene rings is 2. The minimum atomic E-state index is -0.305. The highest BCUT2D eigenvalue weighted by molar-refractivity contribution is 6.05. The van der Waals surface area contributed by atoms with Crippen molar-refractivity contribution in [3.63, 3.8) is 0 Å². The molecule has 4 nitrogen and oxygen atoms in total. The molecular formula is C15H12N2O2. The summed E-state index contributed by atoms with van der Waals surface area (Å²) in [5.74, 6) is -0.188. The summed E-state index contributed by atoms with van der Waals surface area (Å²) in [5.41, 5.74) is 2.02. The van der Waals surface area contributed by atoms with E-state index in [-0.39, 0.29) is 11.7 Å². The van der Waals surface area contributed by atoms with Gasteiger partial charge in [0.2, 0.25) is 0 Å². The van der Waals surface area contributed by atoms with Crippen molar-refractivity contribution >= 4 is 11.6 Å². The van der Waals surface area contributed by atoms with Crippen LogP contribution in [0.2, 0.25) is 0 Å². The van der Waals surface area contributed by atoms with Gasteiger partial charge in [-0.25, -0.2) is 0 Å². The molecule has 0 heterocycles. The van der Waals surface area contributed by atoms with E-state index >= 15 is 0 Å². The number of amides is 1. The van der Waals surface area contributed by atoms with E-state index in [0.29, 0.717) is 22.4 Å². The highest BCUT2D eigenvalue weighted by Crippen LogP contribution is 2.19. The van der Waals surface area contributed by atoms with Crippen LogP contribution in [-0.4, -0.2) is 11.0 Å². The summed E-state index contributed by atoms with van der Waals surface area (Å²) in [6, 6.07) is 13.3. The van der Waals surface area contributed by atoms with E-state index in [2.05, 4.69) is 5.32 Å². The van der Waals surface area contributed by atoms with Crippen molar-refractivity contribution < 1.29 is 9.90 Å². The maximum absolute atomic E-state index is 12.1. The molecule has 0 spiro atoms. The zero-order valence-corrected chi connectivity index (χ0v) is 10.3. The molecule has 19 heavy (non-hydrogen) atoms.